The maximum Gasteiger partial charge on any atom is 0.137 e. The van der Waals surface area contributed by atoms with Crippen LogP contribution in [0.25, 0.3) is 84.1 Å². The molecule has 12 rings (SSSR count). The number of aromatic nitrogens is 3. The summed E-state index contributed by atoms with van der Waals surface area (Å²) in [6.45, 7) is 0. The molecule has 1 unspecified atom stereocenters. The molecule has 4 heterocycles. The third-order valence-corrected chi connectivity index (χ3v) is 11.5. The number of para-hydroxylation sites is 1. The van der Waals surface area contributed by atoms with Crippen LogP contribution >= 0.6 is 0 Å². The molecule has 0 radical (unpaired) electrons. The molecule has 2 aliphatic rings. The summed E-state index contributed by atoms with van der Waals surface area (Å²) in [5.41, 5.74) is 16.6. The maximum atomic E-state index is 6.59. The highest BCUT2D eigenvalue weighted by atomic mass is 16.3. The number of nitrogens with zero attached hydrogens (tertiary/aromatic N) is 3. The lowest BCUT2D eigenvalue weighted by Crippen LogP contribution is -2.30. The Morgan fingerprint density at radius 2 is 1.23 bits per heavy atom. The quantitative estimate of drug-likeness (QED) is 0.183. The van der Waals surface area contributed by atoms with Gasteiger partial charge in [-0.25, -0.2) is 4.98 Å². The van der Waals surface area contributed by atoms with Gasteiger partial charge in [-0.2, -0.15) is 0 Å². The molecule has 0 saturated carbocycles. The van der Waals surface area contributed by atoms with E-state index in [0.29, 0.717) is 0 Å². The van der Waals surface area contributed by atoms with E-state index in [1.165, 1.54) is 44.5 Å². The molecule has 4 heteroatoms. The second-order valence-electron chi connectivity index (χ2n) is 14.1. The van der Waals surface area contributed by atoms with Crippen molar-refractivity contribution < 1.29 is 4.42 Å². The van der Waals surface area contributed by atoms with Crippen molar-refractivity contribution >= 4 is 56.0 Å². The Bertz CT molecular complexity index is 3180. The van der Waals surface area contributed by atoms with Gasteiger partial charge in [-0.3, -0.25) is 9.55 Å². The molecule has 10 aromatic rings. The summed E-state index contributed by atoms with van der Waals surface area (Å²) in [6.07, 6.45) is 8.29. The highest BCUT2D eigenvalue weighted by molar-refractivity contribution is 6.10. The molecule has 0 bridgehead atoms. The largest absolute Gasteiger partial charge is 0.456 e. The van der Waals surface area contributed by atoms with Crippen molar-refractivity contribution in [2.24, 2.45) is 0 Å². The second kappa shape index (κ2) is 10.5. The van der Waals surface area contributed by atoms with Crippen LogP contribution in [0.15, 0.2) is 168 Å². The summed E-state index contributed by atoms with van der Waals surface area (Å²) in [7, 11) is 0. The SMILES string of the molecule is C1=Cc2ccc(-c3ccc4c(c3)c3ncccc3n4-c3ccccn3)cc2C2(c3ccccc31)c1ccccc1-c1cc3c(cc12)oc1ccccc13. The average Bonchev–Trinajstić information content (AvgIpc) is 3.81. The van der Waals surface area contributed by atoms with E-state index >= 15 is 0 Å². The van der Waals surface area contributed by atoms with Gasteiger partial charge >= 0.3 is 0 Å². The smallest absolute Gasteiger partial charge is 0.137 e. The Labute approximate surface area is 304 Å². The van der Waals surface area contributed by atoms with E-state index in [1.54, 1.807) is 0 Å². The number of pyridine rings is 2. The summed E-state index contributed by atoms with van der Waals surface area (Å²) in [6, 6.07) is 54.8. The summed E-state index contributed by atoms with van der Waals surface area (Å²) >= 11 is 0. The minimum atomic E-state index is -0.578. The second-order valence-corrected chi connectivity index (χ2v) is 14.1. The van der Waals surface area contributed by atoms with E-state index in [2.05, 4.69) is 138 Å². The molecule has 0 fully saturated rings. The van der Waals surface area contributed by atoms with E-state index in [0.717, 1.165) is 60.8 Å². The molecule has 2 aliphatic carbocycles. The van der Waals surface area contributed by atoms with E-state index in [9.17, 15) is 0 Å². The van der Waals surface area contributed by atoms with Crippen molar-refractivity contribution in [2.45, 2.75) is 5.41 Å². The predicted octanol–water partition coefficient (Wildman–Crippen LogP) is 12.0. The van der Waals surface area contributed by atoms with Crippen molar-refractivity contribution in [2.75, 3.05) is 0 Å². The van der Waals surface area contributed by atoms with Crippen LogP contribution in [0.1, 0.15) is 33.4 Å². The van der Waals surface area contributed by atoms with Crippen molar-refractivity contribution in [3.05, 3.63) is 197 Å². The van der Waals surface area contributed by atoms with E-state index < -0.39 is 5.41 Å². The summed E-state index contributed by atoms with van der Waals surface area (Å²) in [5, 5.41) is 3.39. The maximum absolute atomic E-state index is 6.59. The van der Waals surface area contributed by atoms with Gasteiger partial charge in [-0.05, 0) is 116 Å². The van der Waals surface area contributed by atoms with Gasteiger partial charge in [-0.15, -0.1) is 0 Å². The van der Waals surface area contributed by atoms with E-state index in [-0.39, 0.29) is 0 Å². The lowest BCUT2D eigenvalue weighted by molar-refractivity contribution is 0.666. The molecule has 4 aromatic heterocycles. The monoisotopic (exact) mass is 675 g/mol. The number of hydrogen-bond donors (Lipinski definition) is 0. The van der Waals surface area contributed by atoms with Gasteiger partial charge in [0, 0.05) is 28.6 Å². The molecular weight excluding hydrogens is 647 g/mol. The van der Waals surface area contributed by atoms with Gasteiger partial charge in [-0.1, -0.05) is 103 Å². The third-order valence-electron chi connectivity index (χ3n) is 11.5. The van der Waals surface area contributed by atoms with Crippen molar-refractivity contribution in [1.29, 1.82) is 0 Å². The number of furan rings is 1. The highest BCUT2D eigenvalue weighted by Gasteiger charge is 2.49. The lowest BCUT2D eigenvalue weighted by atomic mass is 9.65. The fourth-order valence-electron chi connectivity index (χ4n) is 9.34. The zero-order valence-corrected chi connectivity index (χ0v) is 28.5. The first-order valence-electron chi connectivity index (χ1n) is 18.1. The molecule has 1 spiro atoms. The first kappa shape index (κ1) is 28.6. The Kier molecular flexibility index (Phi) is 5.67. The van der Waals surface area contributed by atoms with Crippen LogP contribution in [0, 0.1) is 0 Å². The van der Waals surface area contributed by atoms with E-state index in [1.807, 2.05) is 42.7 Å². The average molecular weight is 676 g/mol. The predicted molar refractivity (Wildman–Crippen MR) is 215 cm³/mol. The molecule has 246 valence electrons. The van der Waals surface area contributed by atoms with Gasteiger partial charge in [0.2, 0.25) is 0 Å². The van der Waals surface area contributed by atoms with Crippen LogP contribution < -0.4 is 0 Å². The lowest BCUT2D eigenvalue weighted by Gasteiger charge is -2.35. The van der Waals surface area contributed by atoms with Crippen molar-refractivity contribution in [3.8, 4) is 28.1 Å². The molecule has 0 saturated heterocycles. The molecule has 0 aliphatic heterocycles. The number of rotatable bonds is 2. The fourth-order valence-corrected chi connectivity index (χ4v) is 9.34. The van der Waals surface area contributed by atoms with Crippen LogP contribution in [0.2, 0.25) is 0 Å². The van der Waals surface area contributed by atoms with Gasteiger partial charge < -0.3 is 4.42 Å². The molecule has 0 N–H and O–H groups in total. The minimum Gasteiger partial charge on any atom is -0.456 e. The van der Waals surface area contributed by atoms with Gasteiger partial charge in [0.15, 0.2) is 0 Å². The first-order valence-corrected chi connectivity index (χ1v) is 18.1. The fraction of sp³-hybridized carbons (Fsp3) is 0.0204. The van der Waals surface area contributed by atoms with Gasteiger partial charge in [0.1, 0.15) is 17.0 Å². The van der Waals surface area contributed by atoms with Gasteiger partial charge in [0.05, 0.1) is 22.0 Å². The van der Waals surface area contributed by atoms with Crippen LogP contribution in [-0.4, -0.2) is 14.5 Å². The molecule has 4 nitrogen and oxygen atoms in total. The Morgan fingerprint density at radius 1 is 0.453 bits per heavy atom. The molecule has 6 aromatic carbocycles. The zero-order valence-electron chi connectivity index (χ0n) is 28.5. The Balaban J connectivity index is 1.15. The van der Waals surface area contributed by atoms with Crippen molar-refractivity contribution in [1.82, 2.24) is 14.5 Å². The zero-order chi connectivity index (χ0) is 34.7. The Morgan fingerprint density at radius 3 is 2.15 bits per heavy atom. The van der Waals surface area contributed by atoms with Crippen LogP contribution in [-0.2, 0) is 5.41 Å². The number of benzene rings is 6. The highest BCUT2D eigenvalue weighted by Crippen LogP contribution is 2.60. The van der Waals surface area contributed by atoms with Gasteiger partial charge in [0.25, 0.3) is 0 Å². The standard InChI is InChI=1S/C49H29N3O/c1-4-13-39-30(10-1)18-19-31-20-21-33(32-22-23-43-38(26-32)48-44(15-9-25-51-48)52(43)47-17-7-8-24-50-47)27-41(31)49(39)40-14-5-2-11-34(40)36-28-37-35-12-3-6-16-45(35)53-46(37)29-42(36)49/h1-29H. The van der Waals surface area contributed by atoms with Crippen molar-refractivity contribution in [3.63, 3.8) is 0 Å². The normalized spacial score (nSPS) is 15.5. The van der Waals surface area contributed by atoms with Crippen LogP contribution in [0.3, 0.4) is 0 Å². The summed E-state index contributed by atoms with van der Waals surface area (Å²) in [5.74, 6) is 0.878. The summed E-state index contributed by atoms with van der Waals surface area (Å²) in [4.78, 5) is 9.59. The Hall–Kier alpha value is -7.04. The topological polar surface area (TPSA) is 43.9 Å². The molecule has 53 heavy (non-hydrogen) atoms. The minimum absolute atomic E-state index is 0.578. The molecule has 1 atom stereocenters. The first-order chi connectivity index (χ1) is 26.3. The summed E-state index contributed by atoms with van der Waals surface area (Å²) < 4.78 is 8.80. The van der Waals surface area contributed by atoms with E-state index in [4.69, 9.17) is 14.4 Å². The molecular formula is C49H29N3O. The molecule has 0 amide bonds. The third kappa shape index (κ3) is 3.79. The van der Waals surface area contributed by atoms with Crippen LogP contribution in [0.5, 0.6) is 0 Å². The van der Waals surface area contributed by atoms with Crippen LogP contribution in [0.4, 0.5) is 0 Å². The number of fused-ring (bicyclic) bond motifs is 15. The number of hydrogen-bond acceptors (Lipinski definition) is 3.